The van der Waals surface area contributed by atoms with Crippen molar-refractivity contribution in [2.24, 2.45) is 40.4 Å². The summed E-state index contributed by atoms with van der Waals surface area (Å²) in [5, 5.41) is 23.1. The van der Waals surface area contributed by atoms with Gasteiger partial charge in [-0.25, -0.2) is 0 Å². The van der Waals surface area contributed by atoms with E-state index >= 15 is 0 Å². The van der Waals surface area contributed by atoms with Crippen molar-refractivity contribution in [1.82, 2.24) is 0 Å². The molecule has 12 unspecified atom stereocenters. The topological polar surface area (TPSA) is 113 Å². The lowest BCUT2D eigenvalue weighted by molar-refractivity contribution is -0.183. The largest absolute Gasteiger partial charge is 0.464 e. The van der Waals surface area contributed by atoms with Crippen LogP contribution in [-0.4, -0.2) is 58.3 Å². The molecule has 0 amide bonds. The van der Waals surface area contributed by atoms with Crippen LogP contribution >= 0.6 is 0 Å². The molecule has 1 saturated heterocycles. The van der Waals surface area contributed by atoms with Crippen LogP contribution in [-0.2, 0) is 23.9 Å². The van der Waals surface area contributed by atoms with Gasteiger partial charge in [-0.05, 0) is 62.9 Å². The predicted molar refractivity (Wildman–Crippen MR) is 127 cm³/mol. The van der Waals surface area contributed by atoms with Crippen LogP contribution in [0.3, 0.4) is 0 Å². The Morgan fingerprint density at radius 1 is 1.34 bits per heavy atom. The van der Waals surface area contributed by atoms with Crippen molar-refractivity contribution in [3.63, 3.8) is 0 Å². The van der Waals surface area contributed by atoms with Crippen molar-refractivity contribution in [3.05, 3.63) is 23.8 Å². The normalized spacial score (nSPS) is 47.9. The maximum Gasteiger partial charge on any atom is 0.293 e. The Hall–Kier alpha value is -1.83. The first-order chi connectivity index (χ1) is 16.4. The van der Waals surface area contributed by atoms with Crippen molar-refractivity contribution in [2.45, 2.75) is 90.3 Å². The van der Waals surface area contributed by atoms with Crippen molar-refractivity contribution >= 4 is 18.0 Å². The minimum absolute atomic E-state index is 0.0489. The van der Waals surface area contributed by atoms with Gasteiger partial charge in [0, 0.05) is 17.8 Å². The van der Waals surface area contributed by atoms with Gasteiger partial charge < -0.3 is 19.7 Å². The number of allylic oxidation sites excluding steroid dienone is 1. The second kappa shape index (κ2) is 8.09. The lowest BCUT2D eigenvalue weighted by Crippen LogP contribution is -2.68. The lowest BCUT2D eigenvalue weighted by Gasteiger charge is -2.60. The molecular weight excluding hydrogens is 448 g/mol. The molecule has 0 bridgehead atoms. The molecule has 2 N–H and O–H groups in total. The molecule has 1 aliphatic heterocycles. The van der Waals surface area contributed by atoms with Crippen LogP contribution in [0.4, 0.5) is 0 Å². The van der Waals surface area contributed by atoms with Gasteiger partial charge in [-0.15, -0.1) is 0 Å². The van der Waals surface area contributed by atoms with Crippen molar-refractivity contribution in [2.75, 3.05) is 0 Å². The number of aliphatic hydroxyl groups excluding tert-OH is 1. The maximum atomic E-state index is 13.3. The number of hydrogen-bond donors (Lipinski definition) is 2. The van der Waals surface area contributed by atoms with E-state index in [1.54, 1.807) is 19.1 Å². The van der Waals surface area contributed by atoms with Gasteiger partial charge in [0.05, 0.1) is 17.6 Å². The number of carbonyl (C=O) groups excluding carboxylic acids is 3. The maximum absolute atomic E-state index is 13.3. The Balaban J connectivity index is 1.47. The number of fused-ring (bicyclic) bond motifs is 8. The summed E-state index contributed by atoms with van der Waals surface area (Å²) in [7, 11) is 0. The predicted octanol–water partition coefficient (Wildman–Crippen LogP) is 2.78. The molecule has 12 atom stereocenters. The molecule has 0 spiro atoms. The van der Waals surface area contributed by atoms with Crippen LogP contribution in [0.15, 0.2) is 23.8 Å². The van der Waals surface area contributed by atoms with E-state index in [2.05, 4.69) is 6.92 Å². The van der Waals surface area contributed by atoms with E-state index in [9.17, 15) is 24.6 Å². The Morgan fingerprint density at radius 3 is 2.71 bits per heavy atom. The number of rotatable bonds is 7. The molecule has 4 aliphatic carbocycles. The van der Waals surface area contributed by atoms with E-state index in [0.29, 0.717) is 19.3 Å². The Bertz CT molecular complexity index is 1000. The fourth-order valence-corrected chi connectivity index (χ4v) is 8.51. The van der Waals surface area contributed by atoms with Crippen molar-refractivity contribution < 1.29 is 34.1 Å². The summed E-state index contributed by atoms with van der Waals surface area (Å²) in [5.74, 6) is -0.722. The zero-order valence-electron chi connectivity index (χ0n) is 21.3. The van der Waals surface area contributed by atoms with Gasteiger partial charge in [0.1, 0.15) is 23.6 Å². The second-order valence-corrected chi connectivity index (χ2v) is 12.2. The number of ether oxygens (including phenoxy) is 2. The summed E-state index contributed by atoms with van der Waals surface area (Å²) in [6, 6.07) is 0. The molecule has 0 aromatic carbocycles. The van der Waals surface area contributed by atoms with Gasteiger partial charge in [-0.3, -0.25) is 14.4 Å². The van der Waals surface area contributed by atoms with Gasteiger partial charge in [0.25, 0.3) is 6.47 Å². The second-order valence-electron chi connectivity index (χ2n) is 12.2. The van der Waals surface area contributed by atoms with Crippen LogP contribution in [0.2, 0.25) is 0 Å². The molecule has 5 rings (SSSR count). The first kappa shape index (κ1) is 24.8. The summed E-state index contributed by atoms with van der Waals surface area (Å²) >= 11 is 0. The zero-order chi connectivity index (χ0) is 25.5. The Kier molecular flexibility index (Phi) is 5.74. The van der Waals surface area contributed by atoms with Crippen LogP contribution in [0.25, 0.3) is 0 Å². The smallest absolute Gasteiger partial charge is 0.293 e. The fraction of sp³-hybridized carbons (Fsp3) is 0.750. The Morgan fingerprint density at radius 2 is 2.06 bits per heavy atom. The van der Waals surface area contributed by atoms with Crippen molar-refractivity contribution in [1.29, 1.82) is 0 Å². The van der Waals surface area contributed by atoms with Crippen LogP contribution in [0, 0.1) is 40.4 Å². The summed E-state index contributed by atoms with van der Waals surface area (Å²) in [6.45, 7) is 9.90. The molecular formula is C28H38O7. The van der Waals surface area contributed by atoms with E-state index in [0.717, 1.165) is 18.4 Å². The third kappa shape index (κ3) is 3.23. The van der Waals surface area contributed by atoms with Crippen LogP contribution in [0.5, 0.6) is 0 Å². The number of Topliss-reactive ketones (excluding diaryl/α,β-unsaturated/α-hetero) is 1. The molecule has 3 fully saturated rings. The molecule has 0 aromatic rings. The number of hydrogen-bond acceptors (Lipinski definition) is 7. The minimum Gasteiger partial charge on any atom is -0.464 e. The van der Waals surface area contributed by atoms with Gasteiger partial charge in [0.2, 0.25) is 0 Å². The number of aliphatic hydroxyl groups is 2. The molecule has 0 radical (unpaired) electrons. The average molecular weight is 487 g/mol. The first-order valence-electron chi connectivity index (χ1n) is 13.0. The van der Waals surface area contributed by atoms with E-state index in [1.165, 1.54) is 0 Å². The highest BCUT2D eigenvalue weighted by molar-refractivity contribution is 5.97. The summed E-state index contributed by atoms with van der Waals surface area (Å²) in [5.41, 5.74) is -1.47. The highest BCUT2D eigenvalue weighted by Crippen LogP contribution is 2.70. The van der Waals surface area contributed by atoms with E-state index in [-0.39, 0.29) is 52.7 Å². The molecule has 0 aromatic heterocycles. The third-order valence-corrected chi connectivity index (χ3v) is 10.8. The molecule has 7 nitrogen and oxygen atoms in total. The van der Waals surface area contributed by atoms with E-state index in [1.807, 2.05) is 26.8 Å². The Labute approximate surface area is 206 Å². The van der Waals surface area contributed by atoms with Crippen molar-refractivity contribution in [3.8, 4) is 0 Å². The van der Waals surface area contributed by atoms with Crippen LogP contribution in [0.1, 0.15) is 60.3 Å². The fourth-order valence-electron chi connectivity index (χ4n) is 8.51. The van der Waals surface area contributed by atoms with Gasteiger partial charge in [0.15, 0.2) is 5.78 Å². The minimum atomic E-state index is -1.21. The van der Waals surface area contributed by atoms with E-state index in [4.69, 9.17) is 9.47 Å². The number of carbonyl (C=O) groups is 3. The van der Waals surface area contributed by atoms with Gasteiger partial charge in [-0.1, -0.05) is 38.5 Å². The molecule has 1 heterocycles. The first-order valence-corrected chi connectivity index (χ1v) is 13.0. The zero-order valence-corrected chi connectivity index (χ0v) is 21.3. The molecule has 5 aliphatic rings. The van der Waals surface area contributed by atoms with Crippen LogP contribution < -0.4 is 0 Å². The summed E-state index contributed by atoms with van der Waals surface area (Å²) in [4.78, 5) is 36.5. The third-order valence-electron chi connectivity index (χ3n) is 10.8. The molecule has 192 valence electrons. The molecule has 2 saturated carbocycles. The quantitative estimate of drug-likeness (QED) is 0.323. The summed E-state index contributed by atoms with van der Waals surface area (Å²) < 4.78 is 11.6. The van der Waals surface area contributed by atoms with Gasteiger partial charge >= 0.3 is 0 Å². The van der Waals surface area contributed by atoms with Gasteiger partial charge in [-0.2, -0.15) is 0 Å². The standard InChI is InChI=1S/C28H38O7/c1-14(16(3)30)11-20(34-13-29)15(2)18-12-19(31)23-22-17(8-10-26(18,23)4)27(5)21(32)7-6-9-28(27,33)25-24(22)35-25/h6-7,12-15,17,19-20,22-25,31,33H,8-11H2,1-5H3. The monoisotopic (exact) mass is 486 g/mol. The summed E-state index contributed by atoms with van der Waals surface area (Å²) in [6.07, 6.45) is 5.83. The number of ketones is 2. The highest BCUT2D eigenvalue weighted by Gasteiger charge is 2.77. The lowest BCUT2D eigenvalue weighted by atomic mass is 9.43. The molecule has 35 heavy (non-hydrogen) atoms. The average Bonchev–Trinajstić information content (AvgIpc) is 3.56. The number of epoxide rings is 1. The SMILES string of the molecule is CC(=O)C(C)CC(OC=O)C(C)C1=CC(O)C2C3C4OC4C4(O)CC=CC(=O)C4(C)C3CCC12C. The molecule has 7 heteroatoms. The highest BCUT2D eigenvalue weighted by atomic mass is 16.6. The van der Waals surface area contributed by atoms with E-state index < -0.39 is 29.3 Å².